The maximum Gasteiger partial charge on any atom is 0.337 e. The smallest absolute Gasteiger partial charge is 0.337 e. The summed E-state index contributed by atoms with van der Waals surface area (Å²) in [6.45, 7) is 3.67. The van der Waals surface area contributed by atoms with Crippen molar-refractivity contribution in [3.05, 3.63) is 52.7 Å². The third-order valence-corrected chi connectivity index (χ3v) is 3.42. The van der Waals surface area contributed by atoms with E-state index in [1.807, 2.05) is 31.2 Å². The zero-order valence-electron chi connectivity index (χ0n) is 14.1. The van der Waals surface area contributed by atoms with Crippen LogP contribution in [0, 0.1) is 6.92 Å². The lowest BCUT2D eigenvalue weighted by molar-refractivity contribution is -0.140. The van der Waals surface area contributed by atoms with Gasteiger partial charge in [-0.1, -0.05) is 29.8 Å². The number of amides is 2. The second-order valence-corrected chi connectivity index (χ2v) is 5.34. The molecule has 0 atom stereocenters. The Morgan fingerprint density at radius 1 is 1.20 bits per heavy atom. The number of urea groups is 1. The number of hydrogen-bond donors (Lipinski definition) is 2. The van der Waals surface area contributed by atoms with Crippen LogP contribution in [-0.2, 0) is 19.1 Å². The molecule has 0 aromatic heterocycles. The molecular weight excluding hydrogens is 324 g/mol. The van der Waals surface area contributed by atoms with Gasteiger partial charge in [-0.05, 0) is 25.5 Å². The van der Waals surface area contributed by atoms with E-state index >= 15 is 0 Å². The van der Waals surface area contributed by atoms with Crippen LogP contribution in [0.5, 0.6) is 0 Å². The highest BCUT2D eigenvalue weighted by Crippen LogP contribution is 2.09. The lowest BCUT2D eigenvalue weighted by Gasteiger charge is -2.20. The van der Waals surface area contributed by atoms with E-state index in [1.165, 1.54) is 6.08 Å². The van der Waals surface area contributed by atoms with Crippen LogP contribution in [0.1, 0.15) is 18.1 Å². The molecule has 2 amide bonds. The number of nitrogens with one attached hydrogen (secondary N) is 2. The SMILES string of the molecule is CCOC(=O)C1=C(COC(=O)/C=C/c2ccc(C)cc2)NC(=O)NC1. The number of carbonyl (C=O) groups is 3. The minimum Gasteiger partial charge on any atom is -0.463 e. The van der Waals surface area contributed by atoms with Crippen molar-refractivity contribution in [3.8, 4) is 0 Å². The molecule has 2 rings (SSSR count). The fraction of sp³-hybridized carbons (Fsp3) is 0.278. The van der Waals surface area contributed by atoms with Gasteiger partial charge in [0.1, 0.15) is 6.61 Å². The second-order valence-electron chi connectivity index (χ2n) is 5.34. The number of hydrogen-bond acceptors (Lipinski definition) is 5. The molecule has 1 aliphatic heterocycles. The number of esters is 2. The second kappa shape index (κ2) is 8.68. The molecule has 7 nitrogen and oxygen atoms in total. The van der Waals surface area contributed by atoms with Gasteiger partial charge in [0.25, 0.3) is 0 Å². The first-order valence-electron chi connectivity index (χ1n) is 7.85. The third-order valence-electron chi connectivity index (χ3n) is 3.42. The van der Waals surface area contributed by atoms with Crippen LogP contribution >= 0.6 is 0 Å². The molecule has 0 saturated heterocycles. The van der Waals surface area contributed by atoms with Crippen LogP contribution in [0.15, 0.2) is 41.6 Å². The van der Waals surface area contributed by atoms with Crippen LogP contribution in [0.3, 0.4) is 0 Å². The molecule has 0 bridgehead atoms. The van der Waals surface area contributed by atoms with Gasteiger partial charge < -0.3 is 20.1 Å². The summed E-state index contributed by atoms with van der Waals surface area (Å²) in [5.74, 6) is -1.14. The standard InChI is InChI=1S/C18H20N2O5/c1-3-24-17(22)14-10-19-18(23)20-15(14)11-25-16(21)9-8-13-6-4-12(2)5-7-13/h4-9H,3,10-11H2,1-2H3,(H2,19,20,23)/b9-8+. The van der Waals surface area contributed by atoms with Gasteiger partial charge in [-0.25, -0.2) is 14.4 Å². The zero-order valence-corrected chi connectivity index (χ0v) is 14.1. The Balaban J connectivity index is 1.98. The summed E-state index contributed by atoms with van der Waals surface area (Å²) in [4.78, 5) is 35.1. The highest BCUT2D eigenvalue weighted by Gasteiger charge is 2.24. The summed E-state index contributed by atoms with van der Waals surface area (Å²) in [5.41, 5.74) is 2.44. The number of rotatable bonds is 6. The van der Waals surface area contributed by atoms with Crippen LogP contribution in [0.4, 0.5) is 4.79 Å². The van der Waals surface area contributed by atoms with Crippen LogP contribution < -0.4 is 10.6 Å². The Bertz CT molecular complexity index is 719. The van der Waals surface area contributed by atoms with Gasteiger partial charge in [0.15, 0.2) is 0 Å². The molecule has 0 aliphatic carbocycles. The lowest BCUT2D eigenvalue weighted by Crippen LogP contribution is -2.45. The third kappa shape index (κ3) is 5.49. The number of carbonyl (C=O) groups excluding carboxylic acids is 3. The average molecular weight is 344 g/mol. The topological polar surface area (TPSA) is 93.7 Å². The van der Waals surface area contributed by atoms with Crippen LogP contribution in [0.2, 0.25) is 0 Å². The van der Waals surface area contributed by atoms with Crippen molar-refractivity contribution in [1.82, 2.24) is 10.6 Å². The predicted octanol–water partition coefficient (Wildman–Crippen LogP) is 1.68. The van der Waals surface area contributed by atoms with Crippen molar-refractivity contribution >= 4 is 24.0 Å². The Morgan fingerprint density at radius 3 is 2.60 bits per heavy atom. The van der Waals surface area contributed by atoms with Gasteiger partial charge in [0, 0.05) is 6.08 Å². The van der Waals surface area contributed by atoms with Crippen molar-refractivity contribution in [2.75, 3.05) is 19.8 Å². The molecule has 2 N–H and O–H groups in total. The van der Waals surface area contributed by atoms with Crippen molar-refractivity contribution < 1.29 is 23.9 Å². The number of benzene rings is 1. The molecule has 0 spiro atoms. The summed E-state index contributed by atoms with van der Waals surface area (Å²) in [6, 6.07) is 7.17. The minimum absolute atomic E-state index is 0.0246. The van der Waals surface area contributed by atoms with Gasteiger partial charge in [0.05, 0.1) is 24.4 Å². The molecule has 0 radical (unpaired) electrons. The Kier molecular flexibility index (Phi) is 6.33. The Morgan fingerprint density at radius 2 is 1.92 bits per heavy atom. The first-order chi connectivity index (χ1) is 12.0. The van der Waals surface area contributed by atoms with Crippen LogP contribution in [-0.4, -0.2) is 37.7 Å². The molecular formula is C18H20N2O5. The largest absolute Gasteiger partial charge is 0.463 e. The van der Waals surface area contributed by atoms with E-state index in [0.717, 1.165) is 11.1 Å². The van der Waals surface area contributed by atoms with E-state index < -0.39 is 18.0 Å². The molecule has 132 valence electrons. The number of ether oxygens (including phenoxy) is 2. The van der Waals surface area contributed by atoms with E-state index in [1.54, 1.807) is 13.0 Å². The maximum absolute atomic E-state index is 11.9. The van der Waals surface area contributed by atoms with Crippen molar-refractivity contribution in [1.29, 1.82) is 0 Å². The van der Waals surface area contributed by atoms with E-state index in [9.17, 15) is 14.4 Å². The van der Waals surface area contributed by atoms with Gasteiger partial charge in [0.2, 0.25) is 0 Å². The van der Waals surface area contributed by atoms with Gasteiger partial charge in [-0.15, -0.1) is 0 Å². The highest BCUT2D eigenvalue weighted by molar-refractivity contribution is 5.94. The lowest BCUT2D eigenvalue weighted by atomic mass is 10.1. The zero-order chi connectivity index (χ0) is 18.2. The summed E-state index contributed by atoms with van der Waals surface area (Å²) >= 11 is 0. The fourth-order valence-electron chi connectivity index (χ4n) is 2.10. The van der Waals surface area contributed by atoms with Gasteiger partial charge >= 0.3 is 18.0 Å². The molecule has 0 fully saturated rings. The summed E-state index contributed by atoms with van der Waals surface area (Å²) in [6.07, 6.45) is 2.92. The number of aryl methyl sites for hydroxylation is 1. The fourth-order valence-corrected chi connectivity index (χ4v) is 2.10. The highest BCUT2D eigenvalue weighted by atomic mass is 16.5. The van der Waals surface area contributed by atoms with E-state index in [0.29, 0.717) is 0 Å². The van der Waals surface area contributed by atoms with Crippen LogP contribution in [0.25, 0.3) is 6.08 Å². The first-order valence-corrected chi connectivity index (χ1v) is 7.85. The Hall–Kier alpha value is -3.09. The van der Waals surface area contributed by atoms with Crippen molar-refractivity contribution in [2.45, 2.75) is 13.8 Å². The first kappa shape index (κ1) is 18.3. The molecule has 1 aliphatic rings. The molecule has 1 aromatic carbocycles. The Labute approximate surface area is 145 Å². The van der Waals surface area contributed by atoms with E-state index in [-0.39, 0.29) is 31.0 Å². The monoisotopic (exact) mass is 344 g/mol. The quantitative estimate of drug-likeness (QED) is 0.605. The van der Waals surface area contributed by atoms with Crippen molar-refractivity contribution in [3.63, 3.8) is 0 Å². The van der Waals surface area contributed by atoms with E-state index in [2.05, 4.69) is 10.6 Å². The molecule has 0 saturated carbocycles. The van der Waals surface area contributed by atoms with Crippen molar-refractivity contribution in [2.24, 2.45) is 0 Å². The molecule has 25 heavy (non-hydrogen) atoms. The predicted molar refractivity (Wildman–Crippen MR) is 91.4 cm³/mol. The van der Waals surface area contributed by atoms with E-state index in [4.69, 9.17) is 9.47 Å². The van der Waals surface area contributed by atoms with Gasteiger partial charge in [-0.2, -0.15) is 0 Å². The average Bonchev–Trinajstić information content (AvgIpc) is 2.59. The normalized spacial score (nSPS) is 14.1. The summed E-state index contributed by atoms with van der Waals surface area (Å²) in [7, 11) is 0. The van der Waals surface area contributed by atoms with Gasteiger partial charge in [-0.3, -0.25) is 0 Å². The minimum atomic E-state index is -0.580. The molecule has 1 heterocycles. The summed E-state index contributed by atoms with van der Waals surface area (Å²) < 4.78 is 10.0. The molecule has 7 heteroatoms. The molecule has 0 unspecified atom stereocenters. The summed E-state index contributed by atoms with van der Waals surface area (Å²) in [5, 5.41) is 4.95. The molecule has 1 aromatic rings. The maximum atomic E-state index is 11.9.